The molecule has 2 saturated heterocycles. The van der Waals surface area contributed by atoms with E-state index < -0.39 is 11.8 Å². The first-order valence-corrected chi connectivity index (χ1v) is 14.1. The summed E-state index contributed by atoms with van der Waals surface area (Å²) in [6.45, 7) is 0.334. The fourth-order valence-corrected chi connectivity index (χ4v) is 6.93. The van der Waals surface area contributed by atoms with Crippen LogP contribution in [0, 0.1) is 17.8 Å². The van der Waals surface area contributed by atoms with Gasteiger partial charge in [0.05, 0.1) is 43.4 Å². The summed E-state index contributed by atoms with van der Waals surface area (Å²) in [4.78, 5) is 33.7. The van der Waals surface area contributed by atoms with Gasteiger partial charge in [0.2, 0.25) is 11.8 Å². The number of furan rings is 1. The van der Waals surface area contributed by atoms with E-state index in [-0.39, 0.29) is 37.0 Å². The van der Waals surface area contributed by atoms with Gasteiger partial charge in [-0.1, -0.05) is 12.1 Å². The van der Waals surface area contributed by atoms with E-state index in [0.717, 1.165) is 27.3 Å². The van der Waals surface area contributed by atoms with Crippen molar-refractivity contribution in [3.05, 3.63) is 87.3 Å². The second kappa shape index (κ2) is 11.0. The molecule has 3 aliphatic rings. The highest BCUT2D eigenvalue weighted by Crippen LogP contribution is 2.50. The van der Waals surface area contributed by atoms with Crippen LogP contribution >= 0.6 is 11.3 Å². The van der Waals surface area contributed by atoms with Gasteiger partial charge in [-0.3, -0.25) is 19.5 Å². The average Bonchev–Trinajstić information content (AvgIpc) is 3.77. The second-order valence-electron chi connectivity index (χ2n) is 10.2. The lowest BCUT2D eigenvalue weighted by Crippen LogP contribution is -2.34. The Balaban J connectivity index is 1.23. The predicted octanol–water partition coefficient (Wildman–Crippen LogP) is 4.06. The normalized spacial score (nSPS) is 25.0. The fourth-order valence-electron chi connectivity index (χ4n) is 6.24. The lowest BCUT2D eigenvalue weighted by Gasteiger charge is -2.31. The minimum absolute atomic E-state index is 0.131. The number of hydrogen-bond acceptors (Lipinski definition) is 8. The molecule has 0 unspecified atom stereocenters. The van der Waals surface area contributed by atoms with E-state index >= 15 is 0 Å². The molecule has 202 valence electrons. The maximum atomic E-state index is 13.5. The zero-order valence-corrected chi connectivity index (χ0v) is 22.2. The van der Waals surface area contributed by atoms with Crippen molar-refractivity contribution in [2.24, 2.45) is 17.8 Å². The highest BCUT2D eigenvalue weighted by Gasteiger charge is 2.56. The predicted molar refractivity (Wildman–Crippen MR) is 145 cm³/mol. The number of pyridine rings is 1. The van der Waals surface area contributed by atoms with Crippen LogP contribution in [-0.4, -0.2) is 51.2 Å². The summed E-state index contributed by atoms with van der Waals surface area (Å²) in [7, 11) is 0. The van der Waals surface area contributed by atoms with Gasteiger partial charge in [0.15, 0.2) is 0 Å². The van der Waals surface area contributed by atoms with Crippen LogP contribution in [0.15, 0.2) is 69.6 Å². The van der Waals surface area contributed by atoms with Crippen LogP contribution in [0.3, 0.4) is 0 Å². The van der Waals surface area contributed by atoms with Gasteiger partial charge in [-0.05, 0) is 77.8 Å². The SMILES string of the molecule is O=C1[C@@H]2[C@@H](CC(CO)=C3[C@@H](CC/C(=C/c4ccc(CO)o4)c4ccccn4)OC[C@@H]32)C(=O)N1Cc1cccs1. The van der Waals surface area contributed by atoms with Crippen molar-refractivity contribution in [2.75, 3.05) is 13.2 Å². The van der Waals surface area contributed by atoms with E-state index in [0.29, 0.717) is 43.9 Å². The number of allylic oxidation sites excluding steroid dienone is 1. The van der Waals surface area contributed by atoms with Crippen LogP contribution in [-0.2, 0) is 27.5 Å². The van der Waals surface area contributed by atoms with E-state index in [1.807, 2.05) is 47.9 Å². The number of rotatable bonds is 9. The highest BCUT2D eigenvalue weighted by atomic mass is 32.1. The molecule has 2 aliphatic heterocycles. The van der Waals surface area contributed by atoms with E-state index in [9.17, 15) is 19.8 Å². The summed E-state index contributed by atoms with van der Waals surface area (Å²) in [5.74, 6) is -0.261. The van der Waals surface area contributed by atoms with Crippen LogP contribution in [0.25, 0.3) is 11.6 Å². The molecule has 0 bridgehead atoms. The molecule has 39 heavy (non-hydrogen) atoms. The Morgan fingerprint density at radius 1 is 1.08 bits per heavy atom. The van der Waals surface area contributed by atoms with Crippen molar-refractivity contribution in [2.45, 2.75) is 38.5 Å². The number of imide groups is 1. The third kappa shape index (κ3) is 4.91. The number of ether oxygens (including phenoxy) is 1. The van der Waals surface area contributed by atoms with Crippen LogP contribution in [0.1, 0.15) is 41.4 Å². The first-order chi connectivity index (χ1) is 19.1. The molecule has 0 spiro atoms. The summed E-state index contributed by atoms with van der Waals surface area (Å²) in [6, 6.07) is 13.1. The first-order valence-electron chi connectivity index (χ1n) is 13.2. The van der Waals surface area contributed by atoms with Crippen molar-refractivity contribution >= 4 is 34.8 Å². The van der Waals surface area contributed by atoms with Crippen molar-refractivity contribution < 1.29 is 29.0 Å². The van der Waals surface area contributed by atoms with Crippen molar-refractivity contribution in [1.82, 2.24) is 9.88 Å². The maximum Gasteiger partial charge on any atom is 0.234 e. The van der Waals surface area contributed by atoms with Gasteiger partial charge in [0.1, 0.15) is 18.1 Å². The average molecular weight is 547 g/mol. The van der Waals surface area contributed by atoms with Gasteiger partial charge < -0.3 is 19.4 Å². The topological polar surface area (TPSA) is 113 Å². The number of carbonyl (C=O) groups is 2. The number of aromatic nitrogens is 1. The number of nitrogens with zero attached hydrogens (tertiary/aromatic N) is 2. The molecule has 2 amide bonds. The van der Waals surface area contributed by atoms with Crippen molar-refractivity contribution in [3.63, 3.8) is 0 Å². The Morgan fingerprint density at radius 3 is 2.69 bits per heavy atom. The number of carbonyl (C=O) groups excluding carboxylic acids is 2. The lowest BCUT2D eigenvalue weighted by molar-refractivity contribution is -0.140. The number of fused-ring (bicyclic) bond motifs is 3. The van der Waals surface area contributed by atoms with Crippen LogP contribution in [0.2, 0.25) is 0 Å². The number of aliphatic hydroxyl groups is 2. The molecule has 0 radical (unpaired) electrons. The number of thiophene rings is 1. The number of aliphatic hydroxyl groups excluding tert-OH is 2. The molecule has 3 aromatic heterocycles. The third-order valence-corrected chi connectivity index (χ3v) is 8.87. The minimum Gasteiger partial charge on any atom is -0.459 e. The molecule has 5 heterocycles. The molecule has 9 heteroatoms. The fraction of sp³-hybridized carbons (Fsp3) is 0.367. The molecule has 4 atom stereocenters. The molecule has 8 nitrogen and oxygen atoms in total. The van der Waals surface area contributed by atoms with Gasteiger partial charge in [-0.2, -0.15) is 0 Å². The number of likely N-dealkylation sites (tertiary alicyclic amines) is 1. The molecule has 0 saturated carbocycles. The largest absolute Gasteiger partial charge is 0.459 e. The molecule has 2 N–H and O–H groups in total. The minimum atomic E-state index is -0.446. The van der Waals surface area contributed by atoms with Crippen LogP contribution in [0.5, 0.6) is 0 Å². The second-order valence-corrected chi connectivity index (χ2v) is 11.2. The van der Waals surface area contributed by atoms with Gasteiger partial charge in [-0.25, -0.2) is 0 Å². The van der Waals surface area contributed by atoms with Gasteiger partial charge >= 0.3 is 0 Å². The van der Waals surface area contributed by atoms with E-state index in [4.69, 9.17) is 9.15 Å². The summed E-state index contributed by atoms with van der Waals surface area (Å²) in [5.41, 5.74) is 3.58. The summed E-state index contributed by atoms with van der Waals surface area (Å²) in [6.07, 6.45) is 5.04. The van der Waals surface area contributed by atoms with Crippen LogP contribution in [0.4, 0.5) is 0 Å². The number of hydrogen-bond donors (Lipinski definition) is 2. The molecule has 6 rings (SSSR count). The van der Waals surface area contributed by atoms with Gasteiger partial charge in [0, 0.05) is 17.0 Å². The summed E-state index contributed by atoms with van der Waals surface area (Å²) < 4.78 is 12.0. The van der Waals surface area contributed by atoms with Crippen LogP contribution < -0.4 is 0 Å². The summed E-state index contributed by atoms with van der Waals surface area (Å²) in [5, 5.41) is 21.6. The van der Waals surface area contributed by atoms with E-state index in [1.54, 1.807) is 12.3 Å². The zero-order valence-electron chi connectivity index (χ0n) is 21.4. The lowest BCUT2D eigenvalue weighted by atomic mass is 9.69. The molecule has 2 fully saturated rings. The third-order valence-electron chi connectivity index (χ3n) is 8.01. The molecule has 3 aromatic rings. The quantitative estimate of drug-likeness (QED) is 0.307. The maximum absolute atomic E-state index is 13.5. The smallest absolute Gasteiger partial charge is 0.234 e. The van der Waals surface area contributed by atoms with Gasteiger partial charge in [-0.15, -0.1) is 11.3 Å². The Morgan fingerprint density at radius 2 is 1.97 bits per heavy atom. The molecular formula is C30H30N2O6S. The Kier molecular flexibility index (Phi) is 7.31. The molecule has 0 aromatic carbocycles. The monoisotopic (exact) mass is 546 g/mol. The van der Waals surface area contributed by atoms with E-state index in [1.165, 1.54) is 16.2 Å². The Hall–Kier alpha value is -3.37. The Bertz CT molecular complexity index is 1410. The zero-order chi connectivity index (χ0) is 26.9. The van der Waals surface area contributed by atoms with Crippen molar-refractivity contribution in [3.8, 4) is 0 Å². The first kappa shape index (κ1) is 25.9. The highest BCUT2D eigenvalue weighted by molar-refractivity contribution is 7.09. The number of amides is 2. The summed E-state index contributed by atoms with van der Waals surface area (Å²) >= 11 is 1.53. The Labute approximate surface area is 230 Å². The van der Waals surface area contributed by atoms with E-state index in [2.05, 4.69) is 4.98 Å². The molecular weight excluding hydrogens is 516 g/mol. The van der Waals surface area contributed by atoms with Gasteiger partial charge in [0.25, 0.3) is 0 Å². The van der Waals surface area contributed by atoms with Crippen molar-refractivity contribution in [1.29, 1.82) is 0 Å². The standard InChI is InChI=1S/C30H30N2O6S/c33-15-19-13-23-28(30(36)32(29(23)35)14-22-4-3-11-39-22)24-17-37-26(27(19)24)9-6-18(25-5-1-2-10-31-25)12-20-7-8-21(16-34)38-20/h1-5,7-8,10-12,23-24,26,28,33-34H,6,9,13-17H2/b18-12-/t23-,24+,26-,28-/m1/s1. The molecule has 1 aliphatic carbocycles.